The van der Waals surface area contributed by atoms with Crippen molar-refractivity contribution in [3.05, 3.63) is 58.9 Å². The normalized spacial score (nSPS) is 17.7. The van der Waals surface area contributed by atoms with Crippen LogP contribution in [0.5, 0.6) is 5.75 Å². The predicted octanol–water partition coefficient (Wildman–Crippen LogP) is 3.07. The minimum absolute atomic E-state index is 0.0225. The van der Waals surface area contributed by atoms with Crippen LogP contribution in [0.3, 0.4) is 0 Å². The maximum Gasteiger partial charge on any atom is 0.238 e. The molecule has 1 aliphatic heterocycles. The second-order valence-corrected chi connectivity index (χ2v) is 6.51. The van der Waals surface area contributed by atoms with Gasteiger partial charge < -0.3 is 15.4 Å². The van der Waals surface area contributed by atoms with Crippen LogP contribution in [0.25, 0.3) is 0 Å². The molecule has 0 saturated carbocycles. The van der Waals surface area contributed by atoms with Gasteiger partial charge in [-0.2, -0.15) is 0 Å². The highest BCUT2D eigenvalue weighted by Gasteiger charge is 2.27. The van der Waals surface area contributed by atoms with Gasteiger partial charge in [-0.05, 0) is 24.3 Å². The zero-order chi connectivity index (χ0) is 18.5. The summed E-state index contributed by atoms with van der Waals surface area (Å²) >= 11 is 5.99. The number of nitrogens with zero attached hydrogens (tertiary/aromatic N) is 1. The average molecular weight is 378 g/mol. The summed E-state index contributed by atoms with van der Waals surface area (Å²) in [7, 11) is 1.64. The molecule has 2 aromatic rings. The van der Waals surface area contributed by atoms with Crippen molar-refractivity contribution in [3.63, 3.8) is 0 Å². The molecule has 1 heterocycles. The smallest absolute Gasteiger partial charge is 0.238 e. The number of para-hydroxylation sites is 1. The van der Waals surface area contributed by atoms with E-state index in [2.05, 4.69) is 15.5 Å². The Balaban J connectivity index is 1.73. The lowest BCUT2D eigenvalue weighted by molar-refractivity contribution is -0.118. The Morgan fingerprint density at radius 3 is 2.96 bits per heavy atom. The average Bonchev–Trinajstić information content (AvgIpc) is 2.64. The van der Waals surface area contributed by atoms with Gasteiger partial charge in [-0.25, -0.2) is 4.39 Å². The van der Waals surface area contributed by atoms with Crippen LogP contribution in [0.15, 0.2) is 42.5 Å². The van der Waals surface area contributed by atoms with Crippen LogP contribution in [-0.4, -0.2) is 44.1 Å². The number of hydrogen-bond donors (Lipinski definition) is 2. The Bertz CT molecular complexity index is 787. The molecule has 3 rings (SSSR count). The first kappa shape index (κ1) is 18.6. The van der Waals surface area contributed by atoms with Crippen molar-refractivity contribution < 1.29 is 13.9 Å². The topological polar surface area (TPSA) is 53.6 Å². The van der Waals surface area contributed by atoms with Gasteiger partial charge in [-0.15, -0.1) is 0 Å². The number of nitrogens with one attached hydrogen (secondary N) is 2. The molecule has 1 unspecified atom stereocenters. The summed E-state index contributed by atoms with van der Waals surface area (Å²) in [6.45, 7) is 2.46. The van der Waals surface area contributed by atoms with Crippen LogP contribution in [0.1, 0.15) is 11.6 Å². The van der Waals surface area contributed by atoms with E-state index in [1.54, 1.807) is 7.11 Å². The molecular weight excluding hydrogens is 357 g/mol. The quantitative estimate of drug-likeness (QED) is 0.840. The number of benzene rings is 2. The van der Waals surface area contributed by atoms with Gasteiger partial charge in [0.1, 0.15) is 11.6 Å². The predicted molar refractivity (Wildman–Crippen MR) is 100 cm³/mol. The fourth-order valence-corrected chi connectivity index (χ4v) is 3.36. The van der Waals surface area contributed by atoms with Crippen molar-refractivity contribution in [1.82, 2.24) is 10.2 Å². The summed E-state index contributed by atoms with van der Waals surface area (Å²) in [4.78, 5) is 14.6. The number of piperazine rings is 1. The monoisotopic (exact) mass is 377 g/mol. The third kappa shape index (κ3) is 4.33. The molecule has 1 fully saturated rings. The van der Waals surface area contributed by atoms with Crippen molar-refractivity contribution in [2.45, 2.75) is 6.04 Å². The summed E-state index contributed by atoms with van der Waals surface area (Å²) in [6, 6.07) is 11.7. The van der Waals surface area contributed by atoms with Crippen molar-refractivity contribution in [2.75, 3.05) is 38.6 Å². The van der Waals surface area contributed by atoms with Crippen molar-refractivity contribution in [3.8, 4) is 5.75 Å². The Morgan fingerprint density at radius 1 is 1.38 bits per heavy atom. The first-order valence-electron chi connectivity index (χ1n) is 8.41. The molecule has 0 aliphatic carbocycles. The minimum Gasteiger partial charge on any atom is -0.496 e. The fourth-order valence-electron chi connectivity index (χ4n) is 3.15. The third-order valence-electron chi connectivity index (χ3n) is 4.40. The van der Waals surface area contributed by atoms with E-state index >= 15 is 0 Å². The van der Waals surface area contributed by atoms with Crippen LogP contribution >= 0.6 is 11.6 Å². The number of ether oxygens (including phenoxy) is 1. The molecule has 0 bridgehead atoms. The molecule has 0 aromatic heterocycles. The van der Waals surface area contributed by atoms with Crippen molar-refractivity contribution >= 4 is 23.2 Å². The van der Waals surface area contributed by atoms with Gasteiger partial charge in [-0.3, -0.25) is 9.69 Å². The van der Waals surface area contributed by atoms with Crippen LogP contribution in [-0.2, 0) is 4.79 Å². The van der Waals surface area contributed by atoms with Gasteiger partial charge in [0.2, 0.25) is 5.91 Å². The van der Waals surface area contributed by atoms with E-state index in [-0.39, 0.29) is 23.5 Å². The maximum atomic E-state index is 13.1. The van der Waals surface area contributed by atoms with Crippen LogP contribution in [0.2, 0.25) is 5.02 Å². The molecule has 1 atom stereocenters. The Kier molecular flexibility index (Phi) is 6.08. The highest BCUT2D eigenvalue weighted by atomic mass is 35.5. The number of anilines is 1. The first-order chi connectivity index (χ1) is 12.6. The standard InChI is InChI=1S/C19H21ClFN3O2/c1-26-18-5-3-2-4-14(18)17-11-22-8-9-24(17)12-19(25)23-16-7-6-13(21)10-15(16)20/h2-7,10,17,22H,8-9,11-12H2,1H3,(H,23,25). The summed E-state index contributed by atoms with van der Waals surface area (Å²) in [6.07, 6.45) is 0. The van der Waals surface area contributed by atoms with E-state index in [4.69, 9.17) is 16.3 Å². The maximum absolute atomic E-state index is 13.1. The van der Waals surface area contributed by atoms with Crippen LogP contribution < -0.4 is 15.4 Å². The van der Waals surface area contributed by atoms with Gasteiger partial charge in [0.15, 0.2) is 0 Å². The van der Waals surface area contributed by atoms with Gasteiger partial charge in [0.05, 0.1) is 30.4 Å². The summed E-state index contributed by atoms with van der Waals surface area (Å²) in [5.41, 5.74) is 1.44. The Hall–Kier alpha value is -2.15. The number of rotatable bonds is 5. The lowest BCUT2D eigenvalue weighted by atomic mass is 10.0. The number of carbonyl (C=O) groups is 1. The lowest BCUT2D eigenvalue weighted by Crippen LogP contribution is -2.48. The molecule has 0 radical (unpaired) electrons. The van der Waals surface area contributed by atoms with Gasteiger partial charge >= 0.3 is 0 Å². The molecule has 1 amide bonds. The fraction of sp³-hybridized carbons (Fsp3) is 0.316. The van der Waals surface area contributed by atoms with Crippen LogP contribution in [0, 0.1) is 5.82 Å². The molecule has 2 N–H and O–H groups in total. The van der Waals surface area contributed by atoms with E-state index in [1.807, 2.05) is 24.3 Å². The molecule has 138 valence electrons. The van der Waals surface area contributed by atoms with Gasteiger partial charge in [-0.1, -0.05) is 29.8 Å². The number of methoxy groups -OCH3 is 1. The zero-order valence-corrected chi connectivity index (χ0v) is 15.2. The molecule has 0 spiro atoms. The molecular formula is C19H21ClFN3O2. The molecule has 26 heavy (non-hydrogen) atoms. The Labute approximate surface area is 157 Å². The summed E-state index contributed by atoms with van der Waals surface area (Å²) in [5.74, 6) is 0.167. The van der Waals surface area contributed by atoms with E-state index in [1.165, 1.54) is 18.2 Å². The highest BCUT2D eigenvalue weighted by Crippen LogP contribution is 2.30. The number of amides is 1. The second kappa shape index (κ2) is 8.49. The van der Waals surface area contributed by atoms with E-state index in [0.29, 0.717) is 5.69 Å². The summed E-state index contributed by atoms with van der Waals surface area (Å²) in [5, 5.41) is 6.30. The lowest BCUT2D eigenvalue weighted by Gasteiger charge is -2.36. The van der Waals surface area contributed by atoms with E-state index < -0.39 is 5.82 Å². The third-order valence-corrected chi connectivity index (χ3v) is 4.72. The first-order valence-corrected chi connectivity index (χ1v) is 8.79. The number of hydrogen-bond acceptors (Lipinski definition) is 4. The highest BCUT2D eigenvalue weighted by molar-refractivity contribution is 6.33. The number of carbonyl (C=O) groups excluding carboxylic acids is 1. The van der Waals surface area contributed by atoms with Gasteiger partial charge in [0, 0.05) is 25.2 Å². The van der Waals surface area contributed by atoms with E-state index in [0.717, 1.165) is 30.9 Å². The molecule has 1 aliphatic rings. The summed E-state index contributed by atoms with van der Waals surface area (Å²) < 4.78 is 18.6. The zero-order valence-electron chi connectivity index (χ0n) is 14.5. The SMILES string of the molecule is COc1ccccc1C1CNCCN1CC(=O)Nc1ccc(F)cc1Cl. The van der Waals surface area contributed by atoms with Crippen molar-refractivity contribution in [1.29, 1.82) is 0 Å². The second-order valence-electron chi connectivity index (χ2n) is 6.10. The van der Waals surface area contributed by atoms with Crippen LogP contribution in [0.4, 0.5) is 10.1 Å². The number of halogens is 2. The molecule has 2 aromatic carbocycles. The van der Waals surface area contributed by atoms with E-state index in [9.17, 15) is 9.18 Å². The molecule has 1 saturated heterocycles. The molecule has 5 nitrogen and oxygen atoms in total. The largest absolute Gasteiger partial charge is 0.496 e. The minimum atomic E-state index is -0.439. The molecule has 7 heteroatoms. The van der Waals surface area contributed by atoms with Gasteiger partial charge in [0.25, 0.3) is 0 Å². The Morgan fingerprint density at radius 2 is 2.19 bits per heavy atom. The van der Waals surface area contributed by atoms with Crippen molar-refractivity contribution in [2.24, 2.45) is 0 Å².